The van der Waals surface area contributed by atoms with Gasteiger partial charge in [-0.25, -0.2) is 12.8 Å². The molecule has 2 aromatic rings. The van der Waals surface area contributed by atoms with Gasteiger partial charge in [-0.05, 0) is 56.0 Å². The van der Waals surface area contributed by atoms with Gasteiger partial charge >= 0.3 is 0 Å². The van der Waals surface area contributed by atoms with E-state index in [9.17, 15) is 17.6 Å². The lowest BCUT2D eigenvalue weighted by atomic mass is 10.1. The van der Waals surface area contributed by atoms with E-state index in [1.165, 1.54) is 17.0 Å². The first-order valence-corrected chi connectivity index (χ1v) is 11.4. The largest absolute Gasteiger partial charge is 0.483 e. The van der Waals surface area contributed by atoms with Gasteiger partial charge in [0.05, 0.1) is 11.5 Å². The topological polar surface area (TPSA) is 63.7 Å². The van der Waals surface area contributed by atoms with Crippen LogP contribution < -0.4 is 4.74 Å². The Morgan fingerprint density at radius 2 is 1.86 bits per heavy atom. The fourth-order valence-corrected chi connectivity index (χ4v) is 5.62. The molecule has 0 aromatic heterocycles. The summed E-state index contributed by atoms with van der Waals surface area (Å²) in [5.41, 5.74) is 3.61. The zero-order chi connectivity index (χ0) is 21.2. The van der Waals surface area contributed by atoms with E-state index >= 15 is 0 Å². The summed E-state index contributed by atoms with van der Waals surface area (Å²) in [5, 5.41) is 0. The van der Waals surface area contributed by atoms with E-state index in [1.807, 2.05) is 32.9 Å². The van der Waals surface area contributed by atoms with Gasteiger partial charge in [-0.3, -0.25) is 4.79 Å². The molecule has 1 atom stereocenters. The van der Waals surface area contributed by atoms with Crippen LogP contribution in [0.1, 0.15) is 28.7 Å². The second-order valence-electron chi connectivity index (χ2n) is 7.72. The van der Waals surface area contributed by atoms with E-state index in [0.29, 0.717) is 17.7 Å². The summed E-state index contributed by atoms with van der Waals surface area (Å²) in [6.45, 7) is 5.79. The van der Waals surface area contributed by atoms with Crippen LogP contribution in [0.25, 0.3) is 0 Å². The van der Waals surface area contributed by atoms with E-state index in [1.54, 1.807) is 12.1 Å². The third kappa shape index (κ3) is 5.35. The molecule has 1 unspecified atom stereocenters. The number of carbonyl (C=O) groups excluding carboxylic acids is 1. The van der Waals surface area contributed by atoms with E-state index in [0.717, 1.165) is 16.7 Å². The number of rotatable bonds is 6. The molecule has 7 heteroatoms. The normalized spacial score (nSPS) is 17.9. The summed E-state index contributed by atoms with van der Waals surface area (Å²) >= 11 is 0. The van der Waals surface area contributed by atoms with Gasteiger partial charge in [0.2, 0.25) is 0 Å². The zero-order valence-electron chi connectivity index (χ0n) is 16.9. The summed E-state index contributed by atoms with van der Waals surface area (Å²) in [6.07, 6.45) is 0.381. The van der Waals surface area contributed by atoms with Crippen molar-refractivity contribution in [2.75, 3.05) is 18.1 Å². The fourth-order valence-electron chi connectivity index (χ4n) is 3.89. The molecule has 1 fully saturated rings. The Morgan fingerprint density at radius 3 is 2.45 bits per heavy atom. The molecule has 1 heterocycles. The van der Waals surface area contributed by atoms with Crippen molar-refractivity contribution in [2.24, 2.45) is 0 Å². The Balaban J connectivity index is 1.79. The van der Waals surface area contributed by atoms with Crippen LogP contribution in [0.15, 0.2) is 36.4 Å². The van der Waals surface area contributed by atoms with Crippen LogP contribution in [-0.2, 0) is 21.2 Å². The van der Waals surface area contributed by atoms with Gasteiger partial charge in [0.1, 0.15) is 11.6 Å². The standard InChI is InChI=1S/C22H26FNO4S/c1-15-9-16(2)22(17(3)10-15)28-13-21(25)24(20-7-8-29(26,27)14-20)12-18-5-4-6-19(23)11-18/h4-6,9-11,20H,7-8,12-14H2,1-3H3. The van der Waals surface area contributed by atoms with Crippen molar-refractivity contribution in [1.29, 1.82) is 0 Å². The molecule has 156 valence electrons. The van der Waals surface area contributed by atoms with Crippen LogP contribution in [0.4, 0.5) is 4.39 Å². The highest BCUT2D eigenvalue weighted by atomic mass is 32.2. The van der Waals surface area contributed by atoms with Gasteiger partial charge in [-0.1, -0.05) is 29.8 Å². The van der Waals surface area contributed by atoms with Crippen molar-refractivity contribution in [1.82, 2.24) is 4.90 Å². The van der Waals surface area contributed by atoms with Crippen molar-refractivity contribution in [3.63, 3.8) is 0 Å². The number of hydrogen-bond acceptors (Lipinski definition) is 4. The highest BCUT2D eigenvalue weighted by Gasteiger charge is 2.35. The third-order valence-corrected chi connectivity index (χ3v) is 6.91. The van der Waals surface area contributed by atoms with E-state index < -0.39 is 21.7 Å². The fraction of sp³-hybridized carbons (Fsp3) is 0.409. The molecular weight excluding hydrogens is 393 g/mol. The van der Waals surface area contributed by atoms with Crippen molar-refractivity contribution < 1.29 is 22.3 Å². The number of ether oxygens (including phenoxy) is 1. The number of nitrogens with zero attached hydrogens (tertiary/aromatic N) is 1. The predicted octanol–water partition coefficient (Wildman–Crippen LogP) is 3.35. The summed E-state index contributed by atoms with van der Waals surface area (Å²) < 4.78 is 43.3. The van der Waals surface area contributed by atoms with Crippen LogP contribution in [-0.4, -0.2) is 43.4 Å². The Bertz CT molecular complexity index is 996. The first kappa shape index (κ1) is 21.3. The molecule has 29 heavy (non-hydrogen) atoms. The van der Waals surface area contributed by atoms with Crippen molar-refractivity contribution >= 4 is 15.7 Å². The van der Waals surface area contributed by atoms with Crippen LogP contribution in [0.5, 0.6) is 5.75 Å². The van der Waals surface area contributed by atoms with Crippen LogP contribution in [0, 0.1) is 26.6 Å². The molecule has 1 aliphatic rings. The molecule has 1 amide bonds. The van der Waals surface area contributed by atoms with Gasteiger partial charge in [0, 0.05) is 12.6 Å². The molecule has 2 aromatic carbocycles. The first-order valence-electron chi connectivity index (χ1n) is 9.59. The molecule has 0 saturated carbocycles. The molecule has 0 aliphatic carbocycles. The number of benzene rings is 2. The predicted molar refractivity (Wildman–Crippen MR) is 110 cm³/mol. The molecule has 3 rings (SSSR count). The lowest BCUT2D eigenvalue weighted by Gasteiger charge is -2.28. The van der Waals surface area contributed by atoms with Crippen LogP contribution in [0.3, 0.4) is 0 Å². The van der Waals surface area contributed by atoms with Crippen LogP contribution in [0.2, 0.25) is 0 Å². The highest BCUT2D eigenvalue weighted by molar-refractivity contribution is 7.91. The molecule has 0 bridgehead atoms. The van der Waals surface area contributed by atoms with Crippen molar-refractivity contribution in [3.05, 3.63) is 64.5 Å². The van der Waals surface area contributed by atoms with E-state index in [2.05, 4.69) is 0 Å². The summed E-state index contributed by atoms with van der Waals surface area (Å²) in [7, 11) is -3.17. The number of amides is 1. The first-order chi connectivity index (χ1) is 13.6. The summed E-state index contributed by atoms with van der Waals surface area (Å²) in [6, 6.07) is 9.54. The Kier molecular flexibility index (Phi) is 6.27. The highest BCUT2D eigenvalue weighted by Crippen LogP contribution is 2.25. The number of hydrogen-bond donors (Lipinski definition) is 0. The second kappa shape index (κ2) is 8.53. The lowest BCUT2D eigenvalue weighted by molar-refractivity contribution is -0.136. The molecule has 0 radical (unpaired) electrons. The molecule has 0 spiro atoms. The van der Waals surface area contributed by atoms with Gasteiger partial charge in [-0.15, -0.1) is 0 Å². The molecule has 1 aliphatic heterocycles. The van der Waals surface area contributed by atoms with Gasteiger partial charge in [0.15, 0.2) is 16.4 Å². The summed E-state index contributed by atoms with van der Waals surface area (Å²) in [4.78, 5) is 14.5. The zero-order valence-corrected chi connectivity index (χ0v) is 17.8. The molecule has 1 saturated heterocycles. The maximum atomic E-state index is 13.6. The van der Waals surface area contributed by atoms with Crippen molar-refractivity contribution in [2.45, 2.75) is 39.8 Å². The van der Waals surface area contributed by atoms with Gasteiger partial charge in [-0.2, -0.15) is 0 Å². The molecular formula is C22H26FNO4S. The smallest absolute Gasteiger partial charge is 0.261 e. The van der Waals surface area contributed by atoms with Gasteiger partial charge in [0.25, 0.3) is 5.91 Å². The van der Waals surface area contributed by atoms with E-state index in [4.69, 9.17) is 4.74 Å². The van der Waals surface area contributed by atoms with Crippen molar-refractivity contribution in [3.8, 4) is 5.75 Å². The van der Waals surface area contributed by atoms with Gasteiger partial charge < -0.3 is 9.64 Å². The minimum Gasteiger partial charge on any atom is -0.483 e. The minimum atomic E-state index is -3.17. The maximum absolute atomic E-state index is 13.6. The SMILES string of the molecule is Cc1cc(C)c(OCC(=O)N(Cc2cccc(F)c2)C2CCS(=O)(=O)C2)c(C)c1. The minimum absolute atomic E-state index is 0.0572. The van der Waals surface area contributed by atoms with E-state index in [-0.39, 0.29) is 30.6 Å². The Labute approximate surface area is 171 Å². The molecule has 0 N–H and O–H groups in total. The monoisotopic (exact) mass is 419 g/mol. The number of aryl methyl sites for hydroxylation is 3. The number of sulfone groups is 1. The summed E-state index contributed by atoms with van der Waals surface area (Å²) in [5.74, 6) is -0.0568. The quantitative estimate of drug-likeness (QED) is 0.720. The third-order valence-electron chi connectivity index (χ3n) is 5.16. The number of halogens is 1. The maximum Gasteiger partial charge on any atom is 0.261 e. The second-order valence-corrected chi connectivity index (χ2v) is 9.95. The average molecular weight is 420 g/mol. The number of carbonyl (C=O) groups is 1. The average Bonchev–Trinajstić information content (AvgIpc) is 2.98. The molecule has 5 nitrogen and oxygen atoms in total. The van der Waals surface area contributed by atoms with Crippen LogP contribution >= 0.6 is 0 Å². The Morgan fingerprint density at radius 1 is 1.17 bits per heavy atom. The Hall–Kier alpha value is -2.41. The lowest BCUT2D eigenvalue weighted by Crippen LogP contribution is -2.43.